The molecule has 2 aliphatic rings. The zero-order valence-electron chi connectivity index (χ0n) is 11.9. The average molecular weight is 257 g/mol. The van der Waals surface area contributed by atoms with Crippen LogP contribution in [-0.4, -0.2) is 22.9 Å². The molecule has 0 unspecified atom stereocenters. The molecule has 0 aromatic rings. The summed E-state index contributed by atoms with van der Waals surface area (Å²) in [6.45, 7) is 6.48. The van der Waals surface area contributed by atoms with Gasteiger partial charge in [0.1, 0.15) is 0 Å². The molecule has 0 radical (unpaired) electrons. The highest BCUT2D eigenvalue weighted by atomic mass is 28.2. The van der Waals surface area contributed by atoms with Gasteiger partial charge in [0.05, 0.1) is 0 Å². The maximum Gasteiger partial charge on any atom is 0.167 e. The van der Waals surface area contributed by atoms with Crippen molar-refractivity contribution in [1.29, 1.82) is 0 Å². The fourth-order valence-corrected chi connectivity index (χ4v) is 3.87. The van der Waals surface area contributed by atoms with E-state index < -0.39 is 0 Å². The SMILES string of the molecule is C1CCC(C2CCCC2)C1.CCN[SiH2]NCC. The smallest absolute Gasteiger partial charge is 0.167 e. The lowest BCUT2D eigenvalue weighted by molar-refractivity contribution is 0.347. The van der Waals surface area contributed by atoms with Crippen molar-refractivity contribution in [3.8, 4) is 0 Å². The van der Waals surface area contributed by atoms with E-state index in [0.717, 1.165) is 24.9 Å². The molecule has 0 aromatic heterocycles. The summed E-state index contributed by atoms with van der Waals surface area (Å²) in [6, 6.07) is 0. The zero-order valence-corrected chi connectivity index (χ0v) is 13.3. The van der Waals surface area contributed by atoms with E-state index >= 15 is 0 Å². The van der Waals surface area contributed by atoms with Gasteiger partial charge in [0.15, 0.2) is 9.84 Å². The van der Waals surface area contributed by atoms with Gasteiger partial charge in [0, 0.05) is 0 Å². The van der Waals surface area contributed by atoms with Crippen LogP contribution in [0, 0.1) is 11.8 Å². The van der Waals surface area contributed by atoms with Crippen LogP contribution in [0.1, 0.15) is 65.2 Å². The minimum absolute atomic E-state index is 0.0887. The maximum atomic E-state index is 3.28. The maximum absolute atomic E-state index is 3.28. The minimum atomic E-state index is -0.0887. The van der Waals surface area contributed by atoms with Gasteiger partial charge in [-0.2, -0.15) is 0 Å². The third-order valence-corrected chi connectivity index (χ3v) is 5.72. The van der Waals surface area contributed by atoms with Gasteiger partial charge in [0.25, 0.3) is 0 Å². The lowest BCUT2D eigenvalue weighted by Gasteiger charge is -2.16. The lowest BCUT2D eigenvalue weighted by atomic mass is 9.90. The molecule has 2 fully saturated rings. The van der Waals surface area contributed by atoms with Crippen LogP contribution in [0.4, 0.5) is 0 Å². The van der Waals surface area contributed by atoms with Crippen molar-refractivity contribution < 1.29 is 0 Å². The Bertz CT molecular complexity index is 146. The van der Waals surface area contributed by atoms with Gasteiger partial charge in [-0.15, -0.1) is 0 Å². The Morgan fingerprint density at radius 1 is 0.765 bits per heavy atom. The molecule has 0 bridgehead atoms. The normalized spacial score (nSPS) is 21.5. The highest BCUT2D eigenvalue weighted by Gasteiger charge is 2.26. The van der Waals surface area contributed by atoms with E-state index in [2.05, 4.69) is 23.8 Å². The van der Waals surface area contributed by atoms with Gasteiger partial charge in [-0.3, -0.25) is 0 Å². The molecule has 2 saturated carbocycles. The van der Waals surface area contributed by atoms with Crippen molar-refractivity contribution in [3.63, 3.8) is 0 Å². The van der Waals surface area contributed by atoms with Gasteiger partial charge >= 0.3 is 0 Å². The van der Waals surface area contributed by atoms with Crippen molar-refractivity contribution in [2.45, 2.75) is 65.2 Å². The zero-order chi connectivity index (χ0) is 12.3. The second-order valence-corrected chi connectivity index (χ2v) is 6.83. The molecule has 2 rings (SSSR count). The standard InChI is InChI=1S/C10H18.C4H14N2Si/c1-2-6-9(5-1)10-7-3-4-8-10;1-3-5-7-6-4-2/h9-10H,1-8H2;5-6H,3-4,7H2,1-2H3. The van der Waals surface area contributed by atoms with Crippen LogP contribution in [0.15, 0.2) is 0 Å². The topological polar surface area (TPSA) is 24.1 Å². The van der Waals surface area contributed by atoms with Gasteiger partial charge < -0.3 is 9.96 Å². The summed E-state index contributed by atoms with van der Waals surface area (Å²) in [4.78, 5) is 6.55. The first-order valence-corrected chi connectivity index (χ1v) is 9.21. The molecule has 17 heavy (non-hydrogen) atoms. The first-order valence-electron chi connectivity index (χ1n) is 7.79. The quantitative estimate of drug-likeness (QED) is 0.583. The van der Waals surface area contributed by atoms with Gasteiger partial charge in [-0.1, -0.05) is 65.2 Å². The summed E-state index contributed by atoms with van der Waals surface area (Å²) in [7, 11) is -0.0887. The lowest BCUT2D eigenvalue weighted by Crippen LogP contribution is -2.32. The predicted molar refractivity (Wildman–Crippen MR) is 79.8 cm³/mol. The van der Waals surface area contributed by atoms with Gasteiger partial charge in [-0.25, -0.2) is 0 Å². The highest BCUT2D eigenvalue weighted by molar-refractivity contribution is 6.28. The Labute approximate surface area is 110 Å². The van der Waals surface area contributed by atoms with E-state index in [1.165, 1.54) is 25.7 Å². The second kappa shape index (κ2) is 10.1. The largest absolute Gasteiger partial charge is 0.331 e. The van der Waals surface area contributed by atoms with Crippen LogP contribution in [0.3, 0.4) is 0 Å². The van der Waals surface area contributed by atoms with Crippen molar-refractivity contribution in [2.75, 3.05) is 13.1 Å². The second-order valence-electron chi connectivity index (χ2n) is 5.47. The van der Waals surface area contributed by atoms with Crippen LogP contribution in [0.2, 0.25) is 0 Å². The Morgan fingerprint density at radius 2 is 1.12 bits per heavy atom. The van der Waals surface area contributed by atoms with Crippen LogP contribution in [0.5, 0.6) is 0 Å². The molecule has 0 aliphatic heterocycles. The molecule has 0 amide bonds. The number of nitrogens with one attached hydrogen (secondary N) is 2. The summed E-state index contributed by atoms with van der Waals surface area (Å²) in [5, 5.41) is 0. The van der Waals surface area contributed by atoms with E-state index in [-0.39, 0.29) is 9.84 Å². The molecule has 2 N–H and O–H groups in total. The van der Waals surface area contributed by atoms with Crippen molar-refractivity contribution in [3.05, 3.63) is 0 Å². The molecule has 2 nitrogen and oxygen atoms in total. The molecule has 0 aromatic carbocycles. The van der Waals surface area contributed by atoms with E-state index in [1.807, 2.05) is 0 Å². The van der Waals surface area contributed by atoms with Crippen molar-refractivity contribution in [1.82, 2.24) is 9.96 Å². The van der Waals surface area contributed by atoms with Crippen molar-refractivity contribution in [2.24, 2.45) is 11.8 Å². The van der Waals surface area contributed by atoms with Crippen LogP contribution >= 0.6 is 0 Å². The molecule has 0 heterocycles. The van der Waals surface area contributed by atoms with Crippen molar-refractivity contribution >= 4 is 9.84 Å². The summed E-state index contributed by atoms with van der Waals surface area (Å²) in [5.41, 5.74) is 0. The molecule has 2 aliphatic carbocycles. The van der Waals surface area contributed by atoms with Crippen LogP contribution in [0.25, 0.3) is 0 Å². The Hall–Kier alpha value is 0.137. The molecule has 102 valence electrons. The molecular formula is C14H32N2Si. The number of hydrogen-bond donors (Lipinski definition) is 2. The first kappa shape index (κ1) is 15.2. The fourth-order valence-electron chi connectivity index (χ4n) is 3.20. The molecule has 0 spiro atoms. The van der Waals surface area contributed by atoms with Crippen LogP contribution < -0.4 is 9.96 Å². The first-order chi connectivity index (χ1) is 8.38. The molecule has 0 atom stereocenters. The van der Waals surface area contributed by atoms with E-state index in [9.17, 15) is 0 Å². The monoisotopic (exact) mass is 256 g/mol. The third kappa shape index (κ3) is 6.58. The Morgan fingerprint density at radius 3 is 1.41 bits per heavy atom. The van der Waals surface area contributed by atoms with E-state index in [4.69, 9.17) is 0 Å². The Kier molecular flexibility index (Phi) is 9.02. The number of hydrogen-bond acceptors (Lipinski definition) is 2. The summed E-state index contributed by atoms with van der Waals surface area (Å²) >= 11 is 0. The fraction of sp³-hybridized carbons (Fsp3) is 1.00. The minimum Gasteiger partial charge on any atom is -0.331 e. The molecule has 3 heteroatoms. The molecular weight excluding hydrogens is 224 g/mol. The predicted octanol–water partition coefficient (Wildman–Crippen LogP) is 2.57. The summed E-state index contributed by atoms with van der Waals surface area (Å²) in [5.74, 6) is 2.31. The van der Waals surface area contributed by atoms with Gasteiger partial charge in [0.2, 0.25) is 0 Å². The summed E-state index contributed by atoms with van der Waals surface area (Å²) < 4.78 is 0. The number of rotatable bonds is 5. The highest BCUT2D eigenvalue weighted by Crippen LogP contribution is 2.39. The van der Waals surface area contributed by atoms with Crippen LogP contribution in [-0.2, 0) is 0 Å². The van der Waals surface area contributed by atoms with Gasteiger partial charge in [-0.05, 0) is 24.9 Å². The molecule has 0 saturated heterocycles. The van der Waals surface area contributed by atoms with E-state index in [0.29, 0.717) is 0 Å². The third-order valence-electron chi connectivity index (χ3n) is 4.22. The van der Waals surface area contributed by atoms with E-state index in [1.54, 1.807) is 25.7 Å². The average Bonchev–Trinajstić information content (AvgIpc) is 3.03. The Balaban J connectivity index is 0.000000185. The summed E-state index contributed by atoms with van der Waals surface area (Å²) in [6.07, 6.45) is 12.4.